The van der Waals surface area contributed by atoms with Crippen molar-refractivity contribution in [2.75, 3.05) is 11.9 Å². The van der Waals surface area contributed by atoms with Gasteiger partial charge in [0.1, 0.15) is 0 Å². The van der Waals surface area contributed by atoms with Gasteiger partial charge in [-0.15, -0.1) is 23.1 Å². The Labute approximate surface area is 163 Å². The minimum atomic E-state index is -0.143. The Morgan fingerprint density at radius 3 is 2.69 bits per heavy atom. The largest absolute Gasteiger partial charge is 0.334 e. The van der Waals surface area contributed by atoms with Gasteiger partial charge in [-0.05, 0) is 61.0 Å². The molecule has 1 aliphatic rings. The van der Waals surface area contributed by atoms with Gasteiger partial charge in [-0.3, -0.25) is 9.59 Å². The van der Waals surface area contributed by atoms with Crippen molar-refractivity contribution in [2.24, 2.45) is 0 Å². The summed E-state index contributed by atoms with van der Waals surface area (Å²) in [5.41, 5.74) is 2.10. The zero-order valence-electron chi connectivity index (χ0n) is 15.3. The summed E-state index contributed by atoms with van der Waals surface area (Å²) in [5.74, 6) is 0.113. The van der Waals surface area contributed by atoms with Crippen LogP contribution >= 0.6 is 23.1 Å². The van der Waals surface area contributed by atoms with Crippen LogP contribution in [0.15, 0.2) is 40.6 Å². The van der Waals surface area contributed by atoms with E-state index in [1.807, 2.05) is 31.2 Å². The number of hydrogen-bond donors (Lipinski definition) is 1. The van der Waals surface area contributed by atoms with E-state index in [9.17, 15) is 9.59 Å². The van der Waals surface area contributed by atoms with Crippen LogP contribution in [0.25, 0.3) is 0 Å². The van der Waals surface area contributed by atoms with Crippen LogP contribution in [0, 0.1) is 0 Å². The summed E-state index contributed by atoms with van der Waals surface area (Å²) >= 11 is 3.37. The van der Waals surface area contributed by atoms with Crippen molar-refractivity contribution in [3.05, 3.63) is 46.2 Å². The molecule has 0 aliphatic carbocycles. The van der Waals surface area contributed by atoms with Gasteiger partial charge >= 0.3 is 0 Å². The monoisotopic (exact) mass is 388 g/mol. The molecular weight excluding hydrogens is 364 g/mol. The van der Waals surface area contributed by atoms with E-state index in [-0.39, 0.29) is 23.1 Å². The number of rotatable bonds is 5. The minimum absolute atomic E-state index is 0.0857. The highest BCUT2D eigenvalue weighted by Gasteiger charge is 2.32. The number of hydrogen-bond acceptors (Lipinski definition) is 4. The summed E-state index contributed by atoms with van der Waals surface area (Å²) in [6.45, 7) is 6.42. The van der Waals surface area contributed by atoms with E-state index in [1.165, 1.54) is 17.4 Å². The van der Waals surface area contributed by atoms with Gasteiger partial charge in [0, 0.05) is 28.9 Å². The van der Waals surface area contributed by atoms with Crippen molar-refractivity contribution >= 4 is 40.6 Å². The van der Waals surface area contributed by atoms with E-state index in [2.05, 4.69) is 28.6 Å². The summed E-state index contributed by atoms with van der Waals surface area (Å²) in [4.78, 5) is 28.7. The Kier molecular flexibility index (Phi) is 6.04. The van der Waals surface area contributed by atoms with E-state index in [0.29, 0.717) is 0 Å². The maximum Gasteiger partial charge on any atom is 0.236 e. The Morgan fingerprint density at radius 1 is 1.31 bits per heavy atom. The fraction of sp³-hybridized carbons (Fsp3) is 0.400. The molecule has 6 heteroatoms. The summed E-state index contributed by atoms with van der Waals surface area (Å²) in [7, 11) is 0. The molecule has 1 aromatic carbocycles. The second-order valence-electron chi connectivity index (χ2n) is 6.47. The van der Waals surface area contributed by atoms with Gasteiger partial charge in [0.2, 0.25) is 11.8 Å². The highest BCUT2D eigenvalue weighted by molar-refractivity contribution is 8.00. The molecule has 0 saturated carbocycles. The fourth-order valence-corrected chi connectivity index (χ4v) is 5.27. The van der Waals surface area contributed by atoms with Crippen molar-refractivity contribution in [1.82, 2.24) is 4.90 Å². The molecule has 3 rings (SSSR count). The second kappa shape index (κ2) is 8.27. The molecule has 1 aromatic heterocycles. The zero-order valence-corrected chi connectivity index (χ0v) is 17.0. The quantitative estimate of drug-likeness (QED) is 0.754. The van der Waals surface area contributed by atoms with Gasteiger partial charge < -0.3 is 10.2 Å². The molecule has 2 atom stereocenters. The van der Waals surface area contributed by atoms with Crippen molar-refractivity contribution in [2.45, 2.75) is 49.8 Å². The molecule has 0 fully saturated rings. The first-order chi connectivity index (χ1) is 12.5. The first-order valence-electron chi connectivity index (χ1n) is 8.90. The molecule has 2 amide bonds. The third kappa shape index (κ3) is 4.13. The average molecular weight is 389 g/mol. The summed E-state index contributed by atoms with van der Waals surface area (Å²) in [6, 6.07) is 10.0. The van der Waals surface area contributed by atoms with Crippen LogP contribution in [-0.2, 0) is 16.0 Å². The van der Waals surface area contributed by atoms with Crippen molar-refractivity contribution in [3.8, 4) is 0 Å². The molecule has 1 aliphatic heterocycles. The lowest BCUT2D eigenvalue weighted by molar-refractivity contribution is -0.133. The molecule has 2 aromatic rings. The van der Waals surface area contributed by atoms with E-state index < -0.39 is 0 Å². The average Bonchev–Trinajstić information content (AvgIpc) is 3.10. The predicted molar refractivity (Wildman–Crippen MR) is 109 cm³/mol. The summed E-state index contributed by atoms with van der Waals surface area (Å²) in [6.07, 6.45) is 1.90. The molecule has 138 valence electrons. The van der Waals surface area contributed by atoms with E-state index in [4.69, 9.17) is 0 Å². The normalized spacial score (nSPS) is 17.5. The van der Waals surface area contributed by atoms with E-state index in [1.54, 1.807) is 23.1 Å². The second-order valence-corrected chi connectivity index (χ2v) is 8.89. The highest BCUT2D eigenvalue weighted by atomic mass is 32.2. The van der Waals surface area contributed by atoms with Crippen LogP contribution in [-0.4, -0.2) is 28.5 Å². The number of nitrogens with one attached hydrogen (secondary N) is 1. The van der Waals surface area contributed by atoms with Gasteiger partial charge in [-0.1, -0.05) is 6.92 Å². The molecule has 0 radical (unpaired) electrons. The molecule has 2 heterocycles. The number of carbonyl (C=O) groups excluding carboxylic acids is 2. The minimum Gasteiger partial charge on any atom is -0.334 e. The lowest BCUT2D eigenvalue weighted by atomic mass is 9.97. The maximum absolute atomic E-state index is 13.1. The number of anilines is 1. The lowest BCUT2D eigenvalue weighted by Gasteiger charge is -2.37. The third-order valence-electron chi connectivity index (χ3n) is 4.60. The topological polar surface area (TPSA) is 49.4 Å². The predicted octanol–water partition coefficient (Wildman–Crippen LogP) is 4.72. The molecule has 4 nitrogen and oxygen atoms in total. The number of amides is 2. The lowest BCUT2D eigenvalue weighted by Crippen LogP contribution is -2.42. The summed E-state index contributed by atoms with van der Waals surface area (Å²) < 4.78 is 0. The fourth-order valence-electron chi connectivity index (χ4n) is 3.41. The Bertz CT molecular complexity index is 785. The number of thioether (sulfide) groups is 1. The van der Waals surface area contributed by atoms with Gasteiger partial charge in [-0.25, -0.2) is 0 Å². The van der Waals surface area contributed by atoms with Crippen molar-refractivity contribution < 1.29 is 9.59 Å². The van der Waals surface area contributed by atoms with Crippen molar-refractivity contribution in [3.63, 3.8) is 0 Å². The van der Waals surface area contributed by atoms with Gasteiger partial charge in [-0.2, -0.15) is 0 Å². The van der Waals surface area contributed by atoms with Gasteiger partial charge in [0.15, 0.2) is 0 Å². The Hall–Kier alpha value is -1.79. The zero-order chi connectivity index (χ0) is 18.7. The molecule has 0 saturated heterocycles. The first kappa shape index (κ1) is 19.0. The van der Waals surface area contributed by atoms with Gasteiger partial charge in [0.05, 0.1) is 11.3 Å². The van der Waals surface area contributed by atoms with Crippen LogP contribution < -0.4 is 5.32 Å². The Morgan fingerprint density at radius 2 is 2.04 bits per heavy atom. The number of nitrogens with zero attached hydrogens (tertiary/aromatic N) is 1. The van der Waals surface area contributed by atoms with E-state index >= 15 is 0 Å². The molecule has 0 bridgehead atoms. The highest BCUT2D eigenvalue weighted by Crippen LogP contribution is 2.37. The number of thiophene rings is 1. The summed E-state index contributed by atoms with van der Waals surface area (Å²) in [5, 5.41) is 4.75. The van der Waals surface area contributed by atoms with Crippen molar-refractivity contribution in [1.29, 1.82) is 0 Å². The van der Waals surface area contributed by atoms with Crippen LogP contribution in [0.1, 0.15) is 43.7 Å². The molecule has 0 spiro atoms. The molecule has 26 heavy (non-hydrogen) atoms. The number of benzene rings is 1. The van der Waals surface area contributed by atoms with Crippen LogP contribution in [0.2, 0.25) is 0 Å². The number of fused-ring (bicyclic) bond motifs is 1. The smallest absolute Gasteiger partial charge is 0.236 e. The molecule has 1 N–H and O–H groups in total. The van der Waals surface area contributed by atoms with Gasteiger partial charge in [0.25, 0.3) is 0 Å². The van der Waals surface area contributed by atoms with Crippen LogP contribution in [0.3, 0.4) is 0 Å². The number of carbonyl (C=O) groups is 2. The Balaban J connectivity index is 1.67. The molecule has 2 unspecified atom stereocenters. The van der Waals surface area contributed by atoms with Crippen LogP contribution in [0.5, 0.6) is 0 Å². The van der Waals surface area contributed by atoms with E-state index in [0.717, 1.165) is 30.0 Å². The molecular formula is C20H24N2O2S2. The SMILES string of the molecule is CCC1c2ccsc2CCN1C(=O)C(C)Sc1ccc(NC(C)=O)cc1. The first-order valence-corrected chi connectivity index (χ1v) is 10.7. The third-order valence-corrected chi connectivity index (χ3v) is 6.70. The van der Waals surface area contributed by atoms with Crippen LogP contribution in [0.4, 0.5) is 5.69 Å². The maximum atomic E-state index is 13.1. The standard InChI is InChI=1S/C20H24N2O2S2/c1-4-18-17-10-12-25-19(17)9-11-22(18)20(24)13(2)26-16-7-5-15(6-8-16)21-14(3)23/h5-8,10,12-13,18H,4,9,11H2,1-3H3,(H,21,23).